The number of nitrogens with one attached hydrogen (secondary N) is 3. The number of aromatic nitrogens is 1. The molecule has 9 atom stereocenters. The van der Waals surface area contributed by atoms with Gasteiger partial charge in [-0.2, -0.15) is 0 Å². The van der Waals surface area contributed by atoms with Gasteiger partial charge in [0.2, 0.25) is 23.6 Å². The molecule has 1 aliphatic heterocycles. The first-order valence-corrected chi connectivity index (χ1v) is 20.2. The number of rotatable bonds is 23. The van der Waals surface area contributed by atoms with E-state index >= 15 is 0 Å². The molecular formula is C41H68N6O6S. The van der Waals surface area contributed by atoms with Crippen LogP contribution in [0.2, 0.25) is 0 Å². The minimum Gasteiger partial charge on any atom is -0.379 e. The number of amides is 4. The molecule has 1 fully saturated rings. The van der Waals surface area contributed by atoms with Gasteiger partial charge >= 0.3 is 0 Å². The van der Waals surface area contributed by atoms with Gasteiger partial charge in [0, 0.05) is 39.4 Å². The lowest BCUT2D eigenvalue weighted by Crippen LogP contribution is -2.59. The third-order valence-corrected chi connectivity index (χ3v) is 11.7. The monoisotopic (exact) mass is 772 g/mol. The average molecular weight is 773 g/mol. The summed E-state index contributed by atoms with van der Waals surface area (Å²) in [6, 6.07) is -2.34. The molecule has 13 heteroatoms. The molecule has 0 saturated carbocycles. The van der Waals surface area contributed by atoms with Gasteiger partial charge in [-0.25, -0.2) is 4.98 Å². The van der Waals surface area contributed by atoms with E-state index in [1.807, 2.05) is 64.8 Å². The van der Waals surface area contributed by atoms with E-state index in [9.17, 15) is 19.2 Å². The normalized spacial score (nSPS) is 19.3. The van der Waals surface area contributed by atoms with Crippen LogP contribution in [0.1, 0.15) is 91.6 Å². The van der Waals surface area contributed by atoms with Crippen molar-refractivity contribution in [2.24, 2.45) is 23.7 Å². The van der Waals surface area contributed by atoms with Crippen LogP contribution in [0.3, 0.4) is 0 Å². The molecule has 2 rings (SSSR count). The van der Waals surface area contributed by atoms with Crippen LogP contribution in [-0.4, -0.2) is 110 Å². The zero-order chi connectivity index (χ0) is 40.7. The molecule has 0 spiro atoms. The molecule has 0 unspecified atom stereocenters. The molecule has 1 aromatic heterocycles. The van der Waals surface area contributed by atoms with Crippen LogP contribution in [0.4, 0.5) is 0 Å². The zero-order valence-electron chi connectivity index (χ0n) is 34.6. The maximum Gasteiger partial charge on any atom is 0.245 e. The number of hydrogen-bond acceptors (Lipinski definition) is 9. The molecule has 304 valence electrons. The number of hydrogen-bond donors (Lipinski definition) is 3. The van der Waals surface area contributed by atoms with Crippen LogP contribution >= 0.6 is 11.3 Å². The highest BCUT2D eigenvalue weighted by molar-refractivity contribution is 7.09. The van der Waals surface area contributed by atoms with Crippen molar-refractivity contribution in [2.75, 3.05) is 34.9 Å². The third-order valence-electron chi connectivity index (χ3n) is 10.8. The third kappa shape index (κ3) is 12.3. The van der Waals surface area contributed by atoms with Gasteiger partial charge in [-0.3, -0.25) is 19.2 Å². The molecule has 54 heavy (non-hydrogen) atoms. The van der Waals surface area contributed by atoms with E-state index in [1.165, 1.54) is 11.3 Å². The first-order chi connectivity index (χ1) is 25.6. The van der Waals surface area contributed by atoms with Crippen molar-refractivity contribution in [3.05, 3.63) is 53.5 Å². The molecular weight excluding hydrogens is 705 g/mol. The number of carbonyl (C=O) groups excluding carboxylic acids is 4. The summed E-state index contributed by atoms with van der Waals surface area (Å²) in [4.78, 5) is 63.4. The quantitative estimate of drug-likeness (QED) is 0.128. The molecule has 0 bridgehead atoms. The van der Waals surface area contributed by atoms with Crippen molar-refractivity contribution >= 4 is 35.0 Å². The van der Waals surface area contributed by atoms with Crippen LogP contribution in [-0.2, 0) is 28.7 Å². The lowest BCUT2D eigenvalue weighted by Gasteiger charge is -2.41. The summed E-state index contributed by atoms with van der Waals surface area (Å²) in [7, 11) is 6.62. The Kier molecular flexibility index (Phi) is 19.8. The molecule has 1 saturated heterocycles. The number of ether oxygens (including phenoxy) is 2. The fourth-order valence-electron chi connectivity index (χ4n) is 7.57. The molecule has 0 aromatic carbocycles. The summed E-state index contributed by atoms with van der Waals surface area (Å²) >= 11 is 1.47. The summed E-state index contributed by atoms with van der Waals surface area (Å²) < 4.78 is 12.0. The van der Waals surface area contributed by atoms with Crippen LogP contribution in [0.5, 0.6) is 0 Å². The molecule has 0 aliphatic carbocycles. The smallest absolute Gasteiger partial charge is 0.245 e. The fourth-order valence-corrected chi connectivity index (χ4v) is 8.26. The summed E-state index contributed by atoms with van der Waals surface area (Å²) in [5.41, 5.74) is 0.919. The average Bonchev–Trinajstić information content (AvgIpc) is 3.86. The Hall–Kier alpha value is -3.39. The summed E-state index contributed by atoms with van der Waals surface area (Å²) in [5.74, 6) is -1.51. The standard InChI is InChI=1S/C41H68N6O6S/c1-14-18-29(16-3)23-30(40-43-20-22-54-40)44-38(49)28(9)37(53-13)31-19-17-21-47(31)33(48)24-32(52-12)36(27(8)15-2)46(11)41(51)35(26(6)7)45-39(50)34(42-10)25(4)5/h14,16,18,20,22,25-28,30-32,34-37,42H,1,3,15,17,19,21,23-24H2,2,4-13H3,(H,44,49)(H,45,50)/b29-18+/t27-,28+,30-,31-,32+,34-,35-,36-,37+/m0/s1. The molecule has 1 aromatic rings. The Morgan fingerprint density at radius 3 is 2.19 bits per heavy atom. The van der Waals surface area contributed by atoms with Crippen LogP contribution in [0, 0.1) is 23.7 Å². The van der Waals surface area contributed by atoms with Crippen molar-refractivity contribution in [1.29, 1.82) is 0 Å². The number of likely N-dealkylation sites (tertiary alicyclic amines) is 1. The summed E-state index contributed by atoms with van der Waals surface area (Å²) in [6.07, 6.45) is 8.58. The maximum atomic E-state index is 14.2. The van der Waals surface area contributed by atoms with Gasteiger partial charge in [0.05, 0.1) is 48.7 Å². The Morgan fingerprint density at radius 1 is 1.02 bits per heavy atom. The first-order valence-electron chi connectivity index (χ1n) is 19.3. The van der Waals surface area contributed by atoms with Gasteiger partial charge in [0.1, 0.15) is 11.0 Å². The molecule has 3 N–H and O–H groups in total. The number of allylic oxidation sites excluding steroid dienone is 3. The Labute approximate surface area is 328 Å². The lowest BCUT2D eigenvalue weighted by molar-refractivity contribution is -0.147. The number of nitrogens with zero attached hydrogens (tertiary/aromatic N) is 3. The largest absolute Gasteiger partial charge is 0.379 e. The van der Waals surface area contributed by atoms with Gasteiger partial charge in [0.25, 0.3) is 0 Å². The fraction of sp³-hybridized carbons (Fsp3) is 0.683. The van der Waals surface area contributed by atoms with Crippen molar-refractivity contribution in [2.45, 2.75) is 123 Å². The van der Waals surface area contributed by atoms with Gasteiger partial charge in [-0.1, -0.05) is 86.3 Å². The maximum absolute atomic E-state index is 14.2. The minimum atomic E-state index is -0.758. The zero-order valence-corrected chi connectivity index (χ0v) is 35.4. The van der Waals surface area contributed by atoms with Gasteiger partial charge < -0.3 is 35.2 Å². The van der Waals surface area contributed by atoms with Crippen molar-refractivity contribution in [3.63, 3.8) is 0 Å². The highest BCUT2D eigenvalue weighted by Gasteiger charge is 2.43. The van der Waals surface area contributed by atoms with Crippen LogP contribution in [0.25, 0.3) is 0 Å². The SMILES string of the molecule is C=C/C=C(\C=C)C[C@H](NC(=O)[C@H](C)[C@@H](OC)[C@@H]1CCCN1C(=O)C[C@@H](OC)[C@H]([C@@H](C)CC)N(C)C(=O)[C@@H](NC(=O)[C@@H](NC)C(C)C)C(C)C)c1nccs1. The molecule has 12 nitrogen and oxygen atoms in total. The highest BCUT2D eigenvalue weighted by Crippen LogP contribution is 2.31. The topological polar surface area (TPSA) is 142 Å². The van der Waals surface area contributed by atoms with Crippen LogP contribution in [0.15, 0.2) is 48.5 Å². The van der Waals surface area contributed by atoms with Crippen molar-refractivity contribution < 1.29 is 28.7 Å². The van der Waals surface area contributed by atoms with E-state index in [1.54, 1.807) is 51.6 Å². The molecule has 2 heterocycles. The van der Waals surface area contributed by atoms with Crippen molar-refractivity contribution in [1.82, 2.24) is 30.7 Å². The van der Waals surface area contributed by atoms with E-state index in [0.717, 1.165) is 23.4 Å². The molecule has 0 radical (unpaired) electrons. The highest BCUT2D eigenvalue weighted by atomic mass is 32.1. The van der Waals surface area contributed by atoms with E-state index in [0.29, 0.717) is 19.4 Å². The van der Waals surface area contributed by atoms with Crippen LogP contribution < -0.4 is 16.0 Å². The summed E-state index contributed by atoms with van der Waals surface area (Å²) in [5, 5.41) is 11.9. The van der Waals surface area contributed by atoms with E-state index in [-0.39, 0.29) is 59.9 Å². The van der Waals surface area contributed by atoms with E-state index < -0.39 is 36.3 Å². The Morgan fingerprint density at radius 2 is 1.69 bits per heavy atom. The molecule has 4 amide bonds. The Balaban J connectivity index is 2.30. The summed E-state index contributed by atoms with van der Waals surface area (Å²) in [6.45, 7) is 21.9. The number of likely N-dealkylation sites (N-methyl/N-ethyl adjacent to an activating group) is 2. The second kappa shape index (κ2) is 22.9. The predicted octanol–water partition coefficient (Wildman–Crippen LogP) is 5.29. The first kappa shape index (κ1) is 46.8. The van der Waals surface area contributed by atoms with E-state index in [2.05, 4.69) is 34.1 Å². The predicted molar refractivity (Wildman–Crippen MR) is 217 cm³/mol. The van der Waals surface area contributed by atoms with E-state index in [4.69, 9.17) is 9.47 Å². The van der Waals surface area contributed by atoms with Crippen molar-refractivity contribution in [3.8, 4) is 0 Å². The number of methoxy groups -OCH3 is 2. The number of thiazole rings is 1. The lowest BCUT2D eigenvalue weighted by atomic mass is 9.89. The van der Waals surface area contributed by atoms with Gasteiger partial charge in [-0.05, 0) is 49.6 Å². The van der Waals surface area contributed by atoms with Gasteiger partial charge in [-0.15, -0.1) is 11.3 Å². The van der Waals surface area contributed by atoms with Gasteiger partial charge in [0.15, 0.2) is 0 Å². The molecule has 1 aliphatic rings. The second-order valence-electron chi connectivity index (χ2n) is 15.1. The minimum absolute atomic E-state index is 0.0144. The Bertz CT molecular complexity index is 1400. The second-order valence-corrected chi connectivity index (χ2v) is 16.1. The number of carbonyl (C=O) groups is 4.